The lowest BCUT2D eigenvalue weighted by Gasteiger charge is -2.51. The highest BCUT2D eigenvalue weighted by atomic mass is 16.2. The highest BCUT2D eigenvalue weighted by Gasteiger charge is 2.69. The number of rotatable bonds is 4. The molecule has 2 atom stereocenters. The van der Waals surface area contributed by atoms with Crippen LogP contribution in [0.1, 0.15) is 87.5 Å². The van der Waals surface area contributed by atoms with Gasteiger partial charge in [0.2, 0.25) is 5.91 Å². The molecule has 1 heterocycles. The molecule has 1 spiro atoms. The van der Waals surface area contributed by atoms with Crippen molar-refractivity contribution in [1.29, 1.82) is 0 Å². The molecule has 2 saturated carbocycles. The quantitative estimate of drug-likeness (QED) is 0.515. The summed E-state index contributed by atoms with van der Waals surface area (Å²) in [5.74, 6) is 1.44. The van der Waals surface area contributed by atoms with E-state index in [1.165, 1.54) is 41.5 Å². The van der Waals surface area contributed by atoms with Crippen LogP contribution >= 0.6 is 0 Å². The van der Waals surface area contributed by atoms with Gasteiger partial charge in [-0.1, -0.05) is 93.3 Å². The number of nitrogens with zero attached hydrogens (tertiary/aromatic N) is 2. The van der Waals surface area contributed by atoms with Crippen molar-refractivity contribution in [3.05, 3.63) is 70.8 Å². The second kappa shape index (κ2) is 8.37. The van der Waals surface area contributed by atoms with Crippen LogP contribution in [0.25, 0.3) is 12.2 Å². The van der Waals surface area contributed by atoms with Gasteiger partial charge in [-0.3, -0.25) is 9.80 Å². The number of piperidine rings is 1. The summed E-state index contributed by atoms with van der Waals surface area (Å²) in [7, 11) is 0. The van der Waals surface area contributed by atoms with E-state index in [0.29, 0.717) is 11.8 Å². The molecule has 3 aliphatic carbocycles. The summed E-state index contributed by atoms with van der Waals surface area (Å²) in [6.07, 6.45) is 14.2. The van der Waals surface area contributed by atoms with Crippen LogP contribution in [0.2, 0.25) is 0 Å². The second-order valence-corrected chi connectivity index (χ2v) is 11.2. The fourth-order valence-corrected chi connectivity index (χ4v) is 8.26. The molecule has 2 aromatic rings. The molecule has 2 aromatic carbocycles. The molecule has 4 aliphatic rings. The number of fused-ring (bicyclic) bond motifs is 7. The Labute approximate surface area is 204 Å². The predicted octanol–water partition coefficient (Wildman–Crippen LogP) is 6.67. The Morgan fingerprint density at radius 3 is 2.15 bits per heavy atom. The Morgan fingerprint density at radius 2 is 1.56 bits per heavy atom. The normalized spacial score (nSPS) is 26.2. The van der Waals surface area contributed by atoms with Crippen LogP contribution in [-0.4, -0.2) is 34.6 Å². The predicted molar refractivity (Wildman–Crippen MR) is 139 cm³/mol. The minimum Gasteiger partial charge on any atom is -0.274 e. The summed E-state index contributed by atoms with van der Waals surface area (Å²) in [5.41, 5.74) is 5.79. The summed E-state index contributed by atoms with van der Waals surface area (Å²) >= 11 is 0. The first-order valence-electron chi connectivity index (χ1n) is 13.5. The Bertz CT molecular complexity index is 1060. The molecule has 1 amide bonds. The number of hydrogen-bond donors (Lipinski definition) is 0. The van der Waals surface area contributed by atoms with E-state index in [9.17, 15) is 4.79 Å². The van der Waals surface area contributed by atoms with Crippen molar-refractivity contribution in [3.8, 4) is 0 Å². The van der Waals surface area contributed by atoms with Gasteiger partial charge in [-0.05, 0) is 59.8 Å². The maximum atomic E-state index is 13.2. The van der Waals surface area contributed by atoms with E-state index < -0.39 is 0 Å². The van der Waals surface area contributed by atoms with E-state index >= 15 is 0 Å². The van der Waals surface area contributed by atoms with Crippen LogP contribution in [0.4, 0.5) is 0 Å². The van der Waals surface area contributed by atoms with Gasteiger partial charge < -0.3 is 0 Å². The zero-order chi connectivity index (χ0) is 23.3. The number of amides is 1. The summed E-state index contributed by atoms with van der Waals surface area (Å²) in [5, 5.41) is 4.76. The van der Waals surface area contributed by atoms with Crippen LogP contribution in [0, 0.1) is 11.8 Å². The van der Waals surface area contributed by atoms with Crippen molar-refractivity contribution in [1.82, 2.24) is 10.0 Å². The first-order valence-corrected chi connectivity index (χ1v) is 13.5. The summed E-state index contributed by atoms with van der Waals surface area (Å²) in [6.45, 7) is 6.06. The molecule has 0 bridgehead atoms. The van der Waals surface area contributed by atoms with Gasteiger partial charge in [-0.2, -0.15) is 0 Å². The lowest BCUT2D eigenvalue weighted by molar-refractivity contribution is -0.174. The number of hydrazine groups is 1. The highest BCUT2D eigenvalue weighted by molar-refractivity contribution is 5.79. The molecule has 0 N–H and O–H groups in total. The van der Waals surface area contributed by atoms with Crippen LogP contribution in [0.15, 0.2) is 48.5 Å². The fraction of sp³-hybridized carbons (Fsp3) is 0.516. The molecule has 3 heteroatoms. The van der Waals surface area contributed by atoms with Gasteiger partial charge in [-0.15, -0.1) is 0 Å². The van der Waals surface area contributed by atoms with Crippen LogP contribution in [0.3, 0.4) is 0 Å². The third-order valence-corrected chi connectivity index (χ3v) is 9.44. The van der Waals surface area contributed by atoms with Crippen molar-refractivity contribution in [2.45, 2.75) is 76.2 Å². The van der Waals surface area contributed by atoms with E-state index in [1.807, 2.05) is 0 Å². The molecular weight excluding hydrogens is 416 g/mol. The average molecular weight is 455 g/mol. The molecule has 1 aliphatic heterocycles. The average Bonchev–Trinajstić information content (AvgIpc) is 3.55. The molecule has 1 saturated heterocycles. The smallest absolute Gasteiger partial charge is 0.234 e. The van der Waals surface area contributed by atoms with E-state index in [1.54, 1.807) is 6.92 Å². The Hall–Kier alpha value is -2.39. The van der Waals surface area contributed by atoms with Crippen molar-refractivity contribution < 1.29 is 4.79 Å². The molecule has 0 aromatic heterocycles. The third kappa shape index (κ3) is 3.16. The standard InChI is InChI=1S/C31H38N2O/c1-3-18-30(19-9-4-10-20-30)33(23(2)34)32-21-17-28-29(22-32)31(28)26-13-7-5-11-24(26)15-16-25-12-6-8-14-27(25)31/h5-8,11-16,28-29H,3-4,9-10,17-22H2,1-2H3. The second-order valence-electron chi connectivity index (χ2n) is 11.2. The summed E-state index contributed by atoms with van der Waals surface area (Å²) in [4.78, 5) is 13.2. The molecule has 3 fully saturated rings. The zero-order valence-electron chi connectivity index (χ0n) is 20.8. The van der Waals surface area contributed by atoms with Crippen molar-refractivity contribution in [2.75, 3.05) is 13.1 Å². The molecule has 178 valence electrons. The number of benzene rings is 2. The monoisotopic (exact) mass is 454 g/mol. The van der Waals surface area contributed by atoms with E-state index in [0.717, 1.165) is 45.2 Å². The Morgan fingerprint density at radius 1 is 0.941 bits per heavy atom. The van der Waals surface area contributed by atoms with Gasteiger partial charge >= 0.3 is 0 Å². The van der Waals surface area contributed by atoms with Crippen LogP contribution in [-0.2, 0) is 10.2 Å². The fourth-order valence-electron chi connectivity index (χ4n) is 8.26. The molecule has 2 unspecified atom stereocenters. The Kier molecular flexibility index (Phi) is 5.44. The number of hydrogen-bond acceptors (Lipinski definition) is 2. The van der Waals surface area contributed by atoms with Crippen LogP contribution < -0.4 is 0 Å². The van der Waals surface area contributed by atoms with Gasteiger partial charge in [-0.25, -0.2) is 5.01 Å². The van der Waals surface area contributed by atoms with Crippen molar-refractivity contribution >= 4 is 18.1 Å². The zero-order valence-corrected chi connectivity index (χ0v) is 20.8. The van der Waals surface area contributed by atoms with Gasteiger partial charge in [0.05, 0.1) is 5.54 Å². The Balaban J connectivity index is 1.39. The highest BCUT2D eigenvalue weighted by Crippen LogP contribution is 2.69. The maximum Gasteiger partial charge on any atom is 0.234 e. The van der Waals surface area contributed by atoms with E-state index in [2.05, 4.69) is 77.6 Å². The SMILES string of the molecule is CCCC1(N(C(C)=O)N2CCC3C(C2)C32c3ccccc3C=Cc3ccccc32)CCCCC1. The molecule has 6 rings (SSSR count). The first-order chi connectivity index (χ1) is 16.6. The molecule has 34 heavy (non-hydrogen) atoms. The lowest BCUT2D eigenvalue weighted by Crippen LogP contribution is -2.61. The van der Waals surface area contributed by atoms with Crippen molar-refractivity contribution in [3.63, 3.8) is 0 Å². The summed E-state index contributed by atoms with van der Waals surface area (Å²) in [6, 6.07) is 18.1. The van der Waals surface area contributed by atoms with Gasteiger partial charge in [0.15, 0.2) is 0 Å². The first kappa shape index (κ1) is 22.1. The largest absolute Gasteiger partial charge is 0.274 e. The lowest BCUT2D eigenvalue weighted by atomic mass is 9.77. The minimum absolute atomic E-state index is 0.0224. The van der Waals surface area contributed by atoms with Crippen LogP contribution in [0.5, 0.6) is 0 Å². The maximum absolute atomic E-state index is 13.2. The topological polar surface area (TPSA) is 23.6 Å². The minimum atomic E-state index is 0.0224. The van der Waals surface area contributed by atoms with Gasteiger partial charge in [0.1, 0.15) is 0 Å². The van der Waals surface area contributed by atoms with E-state index in [-0.39, 0.29) is 16.9 Å². The third-order valence-electron chi connectivity index (χ3n) is 9.44. The number of carbonyl (C=O) groups excluding carboxylic acids is 1. The van der Waals surface area contributed by atoms with Crippen molar-refractivity contribution in [2.24, 2.45) is 11.8 Å². The number of carbonyl (C=O) groups is 1. The molecular formula is C31H38N2O. The summed E-state index contributed by atoms with van der Waals surface area (Å²) < 4.78 is 0. The van der Waals surface area contributed by atoms with Gasteiger partial charge in [0, 0.05) is 25.4 Å². The van der Waals surface area contributed by atoms with Gasteiger partial charge in [0.25, 0.3) is 0 Å². The molecule has 3 nitrogen and oxygen atoms in total. The molecule has 0 radical (unpaired) electrons. The van der Waals surface area contributed by atoms with E-state index in [4.69, 9.17) is 0 Å².